The van der Waals surface area contributed by atoms with Gasteiger partial charge in [0, 0.05) is 11.8 Å². The maximum Gasteiger partial charge on any atom is 0.0314 e. The van der Waals surface area contributed by atoms with E-state index in [9.17, 15) is 0 Å². The second-order valence-electron chi connectivity index (χ2n) is 10.8. The highest BCUT2D eigenvalue weighted by molar-refractivity contribution is 6.28. The summed E-state index contributed by atoms with van der Waals surface area (Å²) in [4.78, 5) is 0. The largest absolute Gasteiger partial charge is 0.0650 e. The molecule has 0 fully saturated rings. The van der Waals surface area contributed by atoms with E-state index < -0.39 is 0 Å². The van der Waals surface area contributed by atoms with Crippen molar-refractivity contribution < 1.29 is 0 Å². The first-order chi connectivity index (χ1) is 17.9. The normalized spacial score (nSPS) is 21.6. The van der Waals surface area contributed by atoms with Crippen LogP contribution in [0.4, 0.5) is 0 Å². The fourth-order valence-corrected chi connectivity index (χ4v) is 7.97. The lowest BCUT2D eigenvalue weighted by atomic mass is 9.78. The molecule has 36 heavy (non-hydrogen) atoms. The summed E-state index contributed by atoms with van der Waals surface area (Å²) in [7, 11) is 0. The van der Waals surface area contributed by atoms with Crippen molar-refractivity contribution in [2.24, 2.45) is 11.8 Å². The number of fused-ring (bicyclic) bond motifs is 7. The van der Waals surface area contributed by atoms with E-state index in [1.165, 1.54) is 87.6 Å². The van der Waals surface area contributed by atoms with Gasteiger partial charge in [0.1, 0.15) is 0 Å². The number of benzene rings is 5. The molecule has 5 aromatic carbocycles. The third-order valence-corrected chi connectivity index (χ3v) is 9.26. The monoisotopic (exact) mass is 452 g/mol. The third kappa shape index (κ3) is 1.87. The Kier molecular flexibility index (Phi) is 2.92. The molecule has 0 heterocycles. The van der Waals surface area contributed by atoms with Crippen LogP contribution in [0.5, 0.6) is 0 Å². The number of hydrogen-bond donors (Lipinski definition) is 0. The van der Waals surface area contributed by atoms with Gasteiger partial charge >= 0.3 is 0 Å². The summed E-state index contributed by atoms with van der Waals surface area (Å²) in [6.07, 6.45) is 16.3. The maximum atomic E-state index is 2.54. The van der Waals surface area contributed by atoms with E-state index in [1.54, 1.807) is 0 Å². The van der Waals surface area contributed by atoms with Crippen LogP contribution in [0.2, 0.25) is 0 Å². The molecule has 2 atom stereocenters. The van der Waals surface area contributed by atoms with Crippen molar-refractivity contribution >= 4 is 44.0 Å². The van der Waals surface area contributed by atoms with Gasteiger partial charge in [-0.25, -0.2) is 0 Å². The average Bonchev–Trinajstić information content (AvgIpc) is 3.43. The Morgan fingerprint density at radius 2 is 1.50 bits per heavy atom. The molecule has 10 rings (SSSR count). The SMILES string of the molecule is C1=CC2=CC=CC3=C4c5ccc6cc7c(c8ccc(c5c68)=CC4C(=C1)C23)-c1cccc2cccc-7c12. The van der Waals surface area contributed by atoms with Gasteiger partial charge in [-0.3, -0.25) is 0 Å². The number of hydrogen-bond acceptors (Lipinski definition) is 0. The van der Waals surface area contributed by atoms with E-state index >= 15 is 0 Å². The molecular weight excluding hydrogens is 432 g/mol. The Balaban J connectivity index is 1.37. The van der Waals surface area contributed by atoms with Crippen LogP contribution in [0.25, 0.3) is 66.2 Å². The number of allylic oxidation sites excluding steroid dienone is 10. The molecule has 164 valence electrons. The summed E-state index contributed by atoms with van der Waals surface area (Å²) in [5.41, 5.74) is 13.0. The van der Waals surface area contributed by atoms with E-state index in [0.29, 0.717) is 11.8 Å². The topological polar surface area (TPSA) is 0 Å². The maximum absolute atomic E-state index is 2.54. The lowest BCUT2D eigenvalue weighted by molar-refractivity contribution is 0.846. The van der Waals surface area contributed by atoms with Crippen molar-refractivity contribution in [3.05, 3.63) is 131 Å². The minimum Gasteiger partial charge on any atom is -0.0650 e. The van der Waals surface area contributed by atoms with Gasteiger partial charge in [-0.15, -0.1) is 0 Å². The van der Waals surface area contributed by atoms with Gasteiger partial charge in [0.05, 0.1) is 0 Å². The number of rotatable bonds is 0. The van der Waals surface area contributed by atoms with Crippen molar-refractivity contribution in [3.63, 3.8) is 0 Å². The minimum absolute atomic E-state index is 0.361. The van der Waals surface area contributed by atoms with Crippen LogP contribution in [0, 0.1) is 11.8 Å². The molecule has 0 aliphatic heterocycles. The molecule has 5 aliphatic carbocycles. The standard InChI is InChI=1S/C36H20/c1-5-19-7-3-11-25-31(19)23(9-1)29-17-21-13-16-28-34-22(14-15-27(33(21)34)35(25)29)18-30-24-10-2-6-20-8-4-12-26(32(20)24)36(28)30/h1-18,29,31H. The molecular formula is C36H20. The summed E-state index contributed by atoms with van der Waals surface area (Å²) < 4.78 is 0. The second kappa shape index (κ2) is 5.86. The first-order valence-electron chi connectivity index (χ1n) is 12.9. The molecule has 0 spiro atoms. The molecule has 0 N–H and O–H groups in total. The lowest BCUT2D eigenvalue weighted by Crippen LogP contribution is -2.17. The Hall–Kier alpha value is -4.42. The average molecular weight is 453 g/mol. The van der Waals surface area contributed by atoms with Crippen molar-refractivity contribution in [3.8, 4) is 22.3 Å². The summed E-state index contributed by atoms with van der Waals surface area (Å²) in [6.45, 7) is 0. The van der Waals surface area contributed by atoms with Crippen LogP contribution < -0.4 is 5.22 Å². The second-order valence-corrected chi connectivity index (χ2v) is 10.8. The zero-order valence-electron chi connectivity index (χ0n) is 19.5. The highest BCUT2D eigenvalue weighted by atomic mass is 14.4. The highest BCUT2D eigenvalue weighted by Crippen LogP contribution is 2.57. The Labute approximate surface area is 208 Å². The predicted molar refractivity (Wildman–Crippen MR) is 151 cm³/mol. The van der Waals surface area contributed by atoms with E-state index in [0.717, 1.165) is 0 Å². The molecule has 5 aromatic rings. The zero-order valence-corrected chi connectivity index (χ0v) is 19.5. The molecule has 0 bridgehead atoms. The summed E-state index contributed by atoms with van der Waals surface area (Å²) in [6, 6.07) is 25.5. The van der Waals surface area contributed by atoms with Gasteiger partial charge in [0.25, 0.3) is 0 Å². The van der Waals surface area contributed by atoms with Crippen LogP contribution in [0.15, 0.2) is 120 Å². The summed E-state index contributed by atoms with van der Waals surface area (Å²) in [5.74, 6) is 0.773. The molecule has 0 saturated carbocycles. The minimum atomic E-state index is 0.361. The smallest absolute Gasteiger partial charge is 0.0314 e. The van der Waals surface area contributed by atoms with Crippen molar-refractivity contribution in [2.75, 3.05) is 0 Å². The van der Waals surface area contributed by atoms with Crippen molar-refractivity contribution in [1.82, 2.24) is 0 Å². The molecule has 0 saturated heterocycles. The quantitative estimate of drug-likeness (QED) is 0.217. The van der Waals surface area contributed by atoms with Crippen LogP contribution in [-0.4, -0.2) is 0 Å². The van der Waals surface area contributed by atoms with E-state index in [2.05, 4.69) is 109 Å². The van der Waals surface area contributed by atoms with Crippen molar-refractivity contribution in [1.29, 1.82) is 0 Å². The highest BCUT2D eigenvalue weighted by Gasteiger charge is 2.41. The zero-order chi connectivity index (χ0) is 23.1. The first kappa shape index (κ1) is 17.9. The van der Waals surface area contributed by atoms with E-state index in [4.69, 9.17) is 0 Å². The molecule has 0 amide bonds. The summed E-state index contributed by atoms with van der Waals surface area (Å²) in [5, 5.41) is 9.72. The first-order valence-corrected chi connectivity index (χ1v) is 12.9. The molecule has 0 aromatic heterocycles. The van der Waals surface area contributed by atoms with Crippen molar-refractivity contribution in [2.45, 2.75) is 0 Å². The van der Waals surface area contributed by atoms with Crippen LogP contribution in [0.1, 0.15) is 5.56 Å². The predicted octanol–water partition coefficient (Wildman–Crippen LogP) is 8.30. The molecule has 0 radical (unpaired) electrons. The third-order valence-electron chi connectivity index (χ3n) is 9.26. The lowest BCUT2D eigenvalue weighted by Gasteiger charge is -2.24. The molecule has 0 heteroatoms. The fraction of sp³-hybridized carbons (Fsp3) is 0.0556. The Morgan fingerprint density at radius 1 is 0.611 bits per heavy atom. The molecule has 0 nitrogen and oxygen atoms in total. The Bertz CT molecular complexity index is 2130. The van der Waals surface area contributed by atoms with Crippen LogP contribution in [0.3, 0.4) is 0 Å². The van der Waals surface area contributed by atoms with Crippen LogP contribution >= 0.6 is 0 Å². The van der Waals surface area contributed by atoms with Gasteiger partial charge in [-0.2, -0.15) is 0 Å². The summed E-state index contributed by atoms with van der Waals surface area (Å²) >= 11 is 0. The fourth-order valence-electron chi connectivity index (χ4n) is 7.97. The van der Waals surface area contributed by atoms with Gasteiger partial charge < -0.3 is 0 Å². The molecule has 2 unspecified atom stereocenters. The van der Waals surface area contributed by atoms with Crippen LogP contribution in [-0.2, 0) is 0 Å². The van der Waals surface area contributed by atoms with E-state index in [1.807, 2.05) is 0 Å². The van der Waals surface area contributed by atoms with Gasteiger partial charge in [-0.05, 0) is 93.7 Å². The Morgan fingerprint density at radius 3 is 2.44 bits per heavy atom. The van der Waals surface area contributed by atoms with Gasteiger partial charge in [0.15, 0.2) is 0 Å². The molecule has 5 aliphatic rings. The van der Waals surface area contributed by atoms with E-state index in [-0.39, 0.29) is 0 Å². The van der Waals surface area contributed by atoms with Gasteiger partial charge in [-0.1, -0.05) is 103 Å². The van der Waals surface area contributed by atoms with Gasteiger partial charge in [0.2, 0.25) is 0 Å².